The van der Waals surface area contributed by atoms with Crippen LogP contribution < -0.4 is 0 Å². The first kappa shape index (κ1) is 12.4. The molecular weight excluding hydrogens is 262 g/mol. The van der Waals surface area contributed by atoms with E-state index < -0.39 is 4.32 Å². The standard InChI is InChI=1S/C10H18BrNOS/c1-9(2)7-12(5-6-14-9)8(13)10(3,4)11/h5-7H2,1-4H3. The number of nitrogens with zero attached hydrogens (tertiary/aromatic N) is 1. The molecule has 0 aromatic heterocycles. The van der Waals surface area contributed by atoms with Crippen LogP contribution in [-0.4, -0.2) is 38.7 Å². The SMILES string of the molecule is CC1(C)CN(C(=O)C(C)(C)Br)CCS1. The second-order valence-corrected chi connectivity index (χ2v) is 8.59. The van der Waals surface area contributed by atoms with Gasteiger partial charge in [-0.2, -0.15) is 11.8 Å². The topological polar surface area (TPSA) is 20.3 Å². The van der Waals surface area contributed by atoms with Crippen molar-refractivity contribution in [3.8, 4) is 0 Å². The molecule has 0 aromatic carbocycles. The minimum Gasteiger partial charge on any atom is -0.339 e. The molecule has 0 bridgehead atoms. The Bertz CT molecular complexity index is 235. The van der Waals surface area contributed by atoms with Gasteiger partial charge in [0.15, 0.2) is 0 Å². The Balaban J connectivity index is 2.66. The highest BCUT2D eigenvalue weighted by Crippen LogP contribution is 2.31. The Labute approximate surface area is 98.9 Å². The van der Waals surface area contributed by atoms with Gasteiger partial charge in [-0.15, -0.1) is 0 Å². The third-order valence-electron chi connectivity index (χ3n) is 2.22. The first-order valence-electron chi connectivity index (χ1n) is 4.85. The summed E-state index contributed by atoms with van der Waals surface area (Å²) in [5.41, 5.74) is 0. The molecule has 1 fully saturated rings. The predicted octanol–water partition coefficient (Wildman–Crippen LogP) is 2.51. The van der Waals surface area contributed by atoms with E-state index in [-0.39, 0.29) is 10.7 Å². The summed E-state index contributed by atoms with van der Waals surface area (Å²) in [5, 5.41) is 0. The molecule has 2 nitrogen and oxygen atoms in total. The Kier molecular flexibility index (Phi) is 3.58. The van der Waals surface area contributed by atoms with Crippen molar-refractivity contribution in [2.24, 2.45) is 0 Å². The molecule has 1 rings (SSSR count). The van der Waals surface area contributed by atoms with Crippen molar-refractivity contribution in [2.45, 2.75) is 36.8 Å². The van der Waals surface area contributed by atoms with Gasteiger partial charge in [-0.05, 0) is 27.7 Å². The van der Waals surface area contributed by atoms with Gasteiger partial charge in [-0.1, -0.05) is 15.9 Å². The van der Waals surface area contributed by atoms with Crippen molar-refractivity contribution in [2.75, 3.05) is 18.8 Å². The maximum absolute atomic E-state index is 12.0. The van der Waals surface area contributed by atoms with Gasteiger partial charge >= 0.3 is 0 Å². The number of halogens is 1. The number of amides is 1. The van der Waals surface area contributed by atoms with E-state index in [0.29, 0.717) is 0 Å². The zero-order chi connectivity index (χ0) is 11.0. The molecule has 1 aliphatic rings. The predicted molar refractivity (Wildman–Crippen MR) is 66.1 cm³/mol. The summed E-state index contributed by atoms with van der Waals surface area (Å²) in [7, 11) is 0. The molecular formula is C10H18BrNOS. The van der Waals surface area contributed by atoms with Gasteiger partial charge in [0.1, 0.15) is 0 Å². The number of thioether (sulfide) groups is 1. The molecule has 0 aliphatic carbocycles. The molecule has 0 N–H and O–H groups in total. The molecule has 1 amide bonds. The van der Waals surface area contributed by atoms with Crippen LogP contribution in [-0.2, 0) is 4.79 Å². The Morgan fingerprint density at radius 1 is 1.50 bits per heavy atom. The van der Waals surface area contributed by atoms with E-state index in [2.05, 4.69) is 29.8 Å². The summed E-state index contributed by atoms with van der Waals surface area (Å²) in [4.78, 5) is 13.9. The molecule has 1 heterocycles. The van der Waals surface area contributed by atoms with Crippen LogP contribution in [0.5, 0.6) is 0 Å². The lowest BCUT2D eigenvalue weighted by Gasteiger charge is -2.39. The number of carbonyl (C=O) groups is 1. The van der Waals surface area contributed by atoms with Crippen LogP contribution in [0, 0.1) is 0 Å². The van der Waals surface area contributed by atoms with Gasteiger partial charge in [0.25, 0.3) is 0 Å². The fraction of sp³-hybridized carbons (Fsp3) is 0.900. The minimum absolute atomic E-state index is 0.200. The van der Waals surface area contributed by atoms with Gasteiger partial charge in [0.05, 0.1) is 4.32 Å². The lowest BCUT2D eigenvalue weighted by molar-refractivity contribution is -0.133. The van der Waals surface area contributed by atoms with Crippen LogP contribution >= 0.6 is 27.7 Å². The Morgan fingerprint density at radius 3 is 2.50 bits per heavy atom. The lowest BCUT2D eigenvalue weighted by atomic mass is 10.1. The normalized spacial score (nSPS) is 22.2. The van der Waals surface area contributed by atoms with E-state index in [1.807, 2.05) is 30.5 Å². The highest BCUT2D eigenvalue weighted by atomic mass is 79.9. The quantitative estimate of drug-likeness (QED) is 0.688. The summed E-state index contributed by atoms with van der Waals surface area (Å²) >= 11 is 5.36. The average molecular weight is 280 g/mol. The minimum atomic E-state index is -0.426. The van der Waals surface area contributed by atoms with Gasteiger partial charge < -0.3 is 4.90 Å². The van der Waals surface area contributed by atoms with Crippen LogP contribution in [0.2, 0.25) is 0 Å². The van der Waals surface area contributed by atoms with E-state index in [1.54, 1.807) is 0 Å². The highest BCUT2D eigenvalue weighted by Gasteiger charge is 2.35. The average Bonchev–Trinajstić information content (AvgIpc) is 1.99. The van der Waals surface area contributed by atoms with E-state index >= 15 is 0 Å². The zero-order valence-electron chi connectivity index (χ0n) is 9.26. The van der Waals surface area contributed by atoms with Crippen LogP contribution in [0.15, 0.2) is 0 Å². The molecule has 0 atom stereocenters. The summed E-state index contributed by atoms with van der Waals surface area (Å²) < 4.78 is -0.225. The molecule has 0 aromatic rings. The smallest absolute Gasteiger partial charge is 0.238 e. The maximum atomic E-state index is 12.0. The number of alkyl halides is 1. The Morgan fingerprint density at radius 2 is 2.07 bits per heavy atom. The number of carbonyl (C=O) groups excluding carboxylic acids is 1. The molecule has 14 heavy (non-hydrogen) atoms. The van der Waals surface area contributed by atoms with Crippen LogP contribution in [0.3, 0.4) is 0 Å². The highest BCUT2D eigenvalue weighted by molar-refractivity contribution is 9.10. The maximum Gasteiger partial charge on any atom is 0.238 e. The van der Waals surface area contributed by atoms with E-state index in [0.717, 1.165) is 18.8 Å². The van der Waals surface area contributed by atoms with E-state index in [4.69, 9.17) is 0 Å². The van der Waals surface area contributed by atoms with Crippen LogP contribution in [0.25, 0.3) is 0 Å². The summed E-state index contributed by atoms with van der Waals surface area (Å²) in [6.45, 7) is 9.93. The van der Waals surface area contributed by atoms with Crippen molar-refractivity contribution in [3.05, 3.63) is 0 Å². The molecule has 0 unspecified atom stereocenters. The molecule has 0 saturated carbocycles. The largest absolute Gasteiger partial charge is 0.339 e. The van der Waals surface area contributed by atoms with E-state index in [9.17, 15) is 4.79 Å². The van der Waals surface area contributed by atoms with E-state index in [1.165, 1.54) is 0 Å². The second-order valence-electron chi connectivity index (χ2n) is 4.81. The summed E-state index contributed by atoms with van der Waals surface area (Å²) in [6.07, 6.45) is 0. The van der Waals surface area contributed by atoms with Gasteiger partial charge in [0.2, 0.25) is 5.91 Å². The van der Waals surface area contributed by atoms with Crippen LogP contribution in [0.1, 0.15) is 27.7 Å². The fourth-order valence-electron chi connectivity index (χ4n) is 1.57. The monoisotopic (exact) mass is 279 g/mol. The third kappa shape index (κ3) is 3.16. The molecule has 0 spiro atoms. The van der Waals surface area contributed by atoms with Gasteiger partial charge in [0, 0.05) is 23.6 Å². The van der Waals surface area contributed by atoms with Crippen molar-refractivity contribution < 1.29 is 4.79 Å². The first-order valence-corrected chi connectivity index (χ1v) is 6.62. The zero-order valence-corrected chi connectivity index (χ0v) is 11.7. The second kappa shape index (κ2) is 4.05. The van der Waals surface area contributed by atoms with Crippen molar-refractivity contribution >= 4 is 33.6 Å². The summed E-state index contributed by atoms with van der Waals surface area (Å²) in [6, 6.07) is 0. The summed E-state index contributed by atoms with van der Waals surface area (Å²) in [5.74, 6) is 1.24. The molecule has 1 saturated heterocycles. The van der Waals surface area contributed by atoms with Crippen molar-refractivity contribution in [3.63, 3.8) is 0 Å². The molecule has 4 heteroatoms. The Hall–Kier alpha value is 0.300. The van der Waals surface area contributed by atoms with Crippen molar-refractivity contribution in [1.29, 1.82) is 0 Å². The molecule has 1 aliphatic heterocycles. The van der Waals surface area contributed by atoms with Gasteiger partial charge in [-0.25, -0.2) is 0 Å². The number of rotatable bonds is 1. The molecule has 0 radical (unpaired) electrons. The number of hydrogen-bond acceptors (Lipinski definition) is 2. The third-order valence-corrected chi connectivity index (χ3v) is 3.86. The molecule has 82 valence electrons. The lowest BCUT2D eigenvalue weighted by Crippen LogP contribution is -2.50. The van der Waals surface area contributed by atoms with Gasteiger partial charge in [-0.3, -0.25) is 4.79 Å². The number of hydrogen-bond donors (Lipinski definition) is 0. The first-order chi connectivity index (χ1) is 6.22. The fourth-order valence-corrected chi connectivity index (χ4v) is 2.93. The van der Waals surface area contributed by atoms with Crippen molar-refractivity contribution in [1.82, 2.24) is 4.90 Å². The van der Waals surface area contributed by atoms with Crippen LogP contribution in [0.4, 0.5) is 0 Å².